The van der Waals surface area contributed by atoms with Crippen molar-refractivity contribution >= 4 is 7.82 Å². The van der Waals surface area contributed by atoms with Crippen LogP contribution in [-0.2, 0) is 13.8 Å². The van der Waals surface area contributed by atoms with Crippen molar-refractivity contribution in [3.8, 4) is 0 Å². The predicted molar refractivity (Wildman–Crippen MR) is 46.9 cm³/mol. The summed E-state index contributed by atoms with van der Waals surface area (Å²) in [5.41, 5.74) is 0. The third kappa shape index (κ3) is 3.20. The molecule has 0 spiro atoms. The zero-order valence-corrected chi connectivity index (χ0v) is 8.84. The van der Waals surface area contributed by atoms with Gasteiger partial charge in [-0.25, -0.2) is 4.57 Å². The molecule has 1 rings (SSSR count). The van der Waals surface area contributed by atoms with E-state index >= 15 is 0 Å². The van der Waals surface area contributed by atoms with Crippen LogP contribution in [0.4, 0.5) is 0 Å². The number of aliphatic hydroxyl groups is 4. The summed E-state index contributed by atoms with van der Waals surface area (Å²) in [7, 11) is -4.91. The molecule has 0 aromatic heterocycles. The van der Waals surface area contributed by atoms with Gasteiger partial charge in [-0.05, 0) is 0 Å². The fourth-order valence-electron chi connectivity index (χ4n) is 1.36. The van der Waals surface area contributed by atoms with Crippen LogP contribution in [-0.4, -0.2) is 67.5 Å². The van der Waals surface area contributed by atoms with Crippen LogP contribution in [0.25, 0.3) is 0 Å². The maximum Gasteiger partial charge on any atom is 0.470 e. The summed E-state index contributed by atoms with van der Waals surface area (Å²) in [4.78, 5) is 17.1. The van der Waals surface area contributed by atoms with Gasteiger partial charge in [0.05, 0.1) is 6.61 Å². The van der Waals surface area contributed by atoms with Crippen LogP contribution >= 0.6 is 7.82 Å². The lowest BCUT2D eigenvalue weighted by Gasteiger charge is -2.39. The molecular weight excluding hydrogens is 247 g/mol. The molecule has 0 aromatic carbocycles. The highest BCUT2D eigenvalue weighted by Crippen LogP contribution is 2.41. The summed E-state index contributed by atoms with van der Waals surface area (Å²) in [5, 5.41) is 36.5. The van der Waals surface area contributed by atoms with E-state index in [9.17, 15) is 14.8 Å². The summed E-state index contributed by atoms with van der Waals surface area (Å²) in [5.74, 6) is 0. The second-order valence-electron chi connectivity index (χ2n) is 3.29. The summed E-state index contributed by atoms with van der Waals surface area (Å²) in [6, 6.07) is 0. The van der Waals surface area contributed by atoms with Gasteiger partial charge < -0.3 is 34.9 Å². The van der Waals surface area contributed by atoms with Crippen LogP contribution in [0.1, 0.15) is 0 Å². The molecule has 6 N–H and O–H groups in total. The molecule has 1 fully saturated rings. The Kier molecular flexibility index (Phi) is 4.41. The minimum Gasteiger partial charge on any atom is -0.394 e. The molecule has 0 aromatic rings. The first-order chi connectivity index (χ1) is 7.26. The summed E-state index contributed by atoms with van der Waals surface area (Å²) in [6.45, 7) is -0.745. The Morgan fingerprint density at radius 2 is 1.75 bits per heavy atom. The lowest BCUT2D eigenvalue weighted by molar-refractivity contribution is -0.283. The van der Waals surface area contributed by atoms with Crippen molar-refractivity contribution in [2.75, 3.05) is 6.61 Å². The number of hydrogen-bond acceptors (Lipinski definition) is 7. The molecule has 0 aliphatic carbocycles. The van der Waals surface area contributed by atoms with Crippen molar-refractivity contribution in [1.29, 1.82) is 0 Å². The normalized spacial score (nSPS) is 41.0. The molecule has 1 aliphatic heterocycles. The van der Waals surface area contributed by atoms with Crippen molar-refractivity contribution < 1.29 is 44.0 Å². The van der Waals surface area contributed by atoms with Crippen LogP contribution in [0.2, 0.25) is 0 Å². The molecule has 5 atom stereocenters. The standard InChI is InChI=1S/C6H13O9P/c7-1-2-5(15-16(11,12)13)3(8)4(9)6(10)14-2/h2-10H,1H2,(H2,11,12,13)/t2-,3-,4-,5-,6-/m1/s1. The fourth-order valence-corrected chi connectivity index (χ4v) is 1.93. The van der Waals surface area contributed by atoms with Crippen LogP contribution in [0.15, 0.2) is 0 Å². The average Bonchev–Trinajstić information content (AvgIpc) is 2.17. The number of aliphatic hydroxyl groups excluding tert-OH is 4. The third-order valence-electron chi connectivity index (χ3n) is 2.10. The van der Waals surface area contributed by atoms with E-state index in [4.69, 9.17) is 20.0 Å². The zero-order valence-electron chi connectivity index (χ0n) is 7.95. The van der Waals surface area contributed by atoms with E-state index in [0.717, 1.165) is 0 Å². The van der Waals surface area contributed by atoms with Crippen molar-refractivity contribution in [3.63, 3.8) is 0 Å². The van der Waals surface area contributed by atoms with Crippen molar-refractivity contribution in [2.24, 2.45) is 0 Å². The highest BCUT2D eigenvalue weighted by Gasteiger charge is 2.46. The lowest BCUT2D eigenvalue weighted by atomic mass is 9.99. The highest BCUT2D eigenvalue weighted by molar-refractivity contribution is 7.46. The Bertz CT molecular complexity index is 275. The molecule has 0 unspecified atom stereocenters. The van der Waals surface area contributed by atoms with Gasteiger partial charge in [0.15, 0.2) is 6.29 Å². The monoisotopic (exact) mass is 260 g/mol. The van der Waals surface area contributed by atoms with E-state index in [1.807, 2.05) is 0 Å². The molecule has 0 radical (unpaired) electrons. The second kappa shape index (κ2) is 5.05. The summed E-state index contributed by atoms with van der Waals surface area (Å²) < 4.78 is 19.4. The van der Waals surface area contributed by atoms with Gasteiger partial charge in [-0.3, -0.25) is 4.52 Å². The van der Waals surface area contributed by atoms with Crippen molar-refractivity contribution in [1.82, 2.24) is 0 Å². The summed E-state index contributed by atoms with van der Waals surface area (Å²) in [6.07, 6.45) is -8.30. The number of ether oxygens (including phenoxy) is 1. The van der Waals surface area contributed by atoms with E-state index < -0.39 is 45.1 Å². The molecule has 1 saturated heterocycles. The second-order valence-corrected chi connectivity index (χ2v) is 4.48. The first-order valence-corrected chi connectivity index (χ1v) is 5.83. The van der Waals surface area contributed by atoms with Gasteiger partial charge in [-0.2, -0.15) is 0 Å². The summed E-state index contributed by atoms with van der Waals surface area (Å²) >= 11 is 0. The highest BCUT2D eigenvalue weighted by atomic mass is 31.2. The van der Waals surface area contributed by atoms with Crippen molar-refractivity contribution in [3.05, 3.63) is 0 Å². The van der Waals surface area contributed by atoms with Crippen molar-refractivity contribution in [2.45, 2.75) is 30.7 Å². The number of rotatable bonds is 3. The van der Waals surface area contributed by atoms with Gasteiger partial charge in [-0.15, -0.1) is 0 Å². The number of phosphoric ester groups is 1. The molecule has 10 heteroatoms. The number of hydrogen-bond donors (Lipinski definition) is 6. The predicted octanol–water partition coefficient (Wildman–Crippen LogP) is -3.10. The molecule has 0 bridgehead atoms. The van der Waals surface area contributed by atoms with Gasteiger partial charge in [0.1, 0.15) is 24.4 Å². The van der Waals surface area contributed by atoms with Crippen LogP contribution in [0, 0.1) is 0 Å². The Morgan fingerprint density at radius 3 is 2.19 bits per heavy atom. The van der Waals surface area contributed by atoms with E-state index in [0.29, 0.717) is 0 Å². The largest absolute Gasteiger partial charge is 0.470 e. The van der Waals surface area contributed by atoms with Crippen LogP contribution in [0.3, 0.4) is 0 Å². The van der Waals surface area contributed by atoms with Gasteiger partial charge in [0.25, 0.3) is 0 Å². The molecule has 9 nitrogen and oxygen atoms in total. The maximum absolute atomic E-state index is 10.6. The topological polar surface area (TPSA) is 157 Å². The third-order valence-corrected chi connectivity index (χ3v) is 2.62. The smallest absolute Gasteiger partial charge is 0.394 e. The van der Waals surface area contributed by atoms with Crippen LogP contribution < -0.4 is 0 Å². The first kappa shape index (κ1) is 14.0. The number of phosphoric acid groups is 1. The van der Waals surface area contributed by atoms with E-state index in [2.05, 4.69) is 9.26 Å². The molecule has 0 saturated carbocycles. The Balaban J connectivity index is 2.81. The minimum absolute atomic E-state index is 0.745. The average molecular weight is 260 g/mol. The van der Waals surface area contributed by atoms with Crippen LogP contribution in [0.5, 0.6) is 0 Å². The van der Waals surface area contributed by atoms with Gasteiger partial charge in [0.2, 0.25) is 0 Å². The Hall–Kier alpha value is -0.0900. The van der Waals surface area contributed by atoms with E-state index in [1.165, 1.54) is 0 Å². The SMILES string of the molecule is O=P(O)(O)O[C@H]1[C@H](O)[C@@H](O)[C@H](O)O[C@@H]1CO. The molecule has 0 amide bonds. The van der Waals surface area contributed by atoms with E-state index in [1.54, 1.807) is 0 Å². The van der Waals surface area contributed by atoms with Gasteiger partial charge in [-0.1, -0.05) is 0 Å². The molecule has 1 heterocycles. The molecule has 16 heavy (non-hydrogen) atoms. The molecule has 96 valence electrons. The Morgan fingerprint density at radius 1 is 1.19 bits per heavy atom. The Labute approximate surface area is 90.1 Å². The van der Waals surface area contributed by atoms with Gasteiger partial charge >= 0.3 is 7.82 Å². The minimum atomic E-state index is -4.91. The lowest BCUT2D eigenvalue weighted by Crippen LogP contribution is -2.59. The maximum atomic E-state index is 10.6. The molecule has 1 aliphatic rings. The fraction of sp³-hybridized carbons (Fsp3) is 1.00. The quantitative estimate of drug-likeness (QED) is 0.289. The molecular formula is C6H13O9P. The first-order valence-electron chi connectivity index (χ1n) is 4.30. The van der Waals surface area contributed by atoms with E-state index in [-0.39, 0.29) is 0 Å². The zero-order chi connectivity index (χ0) is 12.5. The van der Waals surface area contributed by atoms with Gasteiger partial charge in [0, 0.05) is 0 Å².